The van der Waals surface area contributed by atoms with Crippen molar-refractivity contribution >= 4 is 23.2 Å². The minimum absolute atomic E-state index is 0.0604. The van der Waals surface area contributed by atoms with Crippen molar-refractivity contribution in [1.29, 1.82) is 0 Å². The summed E-state index contributed by atoms with van der Waals surface area (Å²) in [6.07, 6.45) is 2.95. The van der Waals surface area contributed by atoms with Gasteiger partial charge in [0.1, 0.15) is 0 Å². The van der Waals surface area contributed by atoms with Crippen molar-refractivity contribution in [2.45, 2.75) is 25.7 Å². The van der Waals surface area contributed by atoms with Crippen LogP contribution >= 0.6 is 11.3 Å². The average molecular weight is 266 g/mol. The van der Waals surface area contributed by atoms with Crippen molar-refractivity contribution in [2.75, 3.05) is 19.6 Å². The van der Waals surface area contributed by atoms with E-state index in [0.29, 0.717) is 19.4 Å². The number of thiophene rings is 1. The Kier molecular flexibility index (Phi) is 4.75. The minimum Gasteiger partial charge on any atom is -0.356 e. The molecule has 2 rings (SSSR count). The third kappa shape index (κ3) is 3.84. The molecule has 5 heteroatoms. The van der Waals surface area contributed by atoms with Crippen molar-refractivity contribution < 1.29 is 9.59 Å². The summed E-state index contributed by atoms with van der Waals surface area (Å²) in [5.41, 5.74) is 0. The lowest BCUT2D eigenvalue weighted by Gasteiger charge is -2.15. The number of hydrogen-bond donors (Lipinski definition) is 1. The number of carbonyl (C=O) groups is 2. The summed E-state index contributed by atoms with van der Waals surface area (Å²) in [7, 11) is 0. The highest BCUT2D eigenvalue weighted by Gasteiger charge is 2.18. The van der Waals surface area contributed by atoms with Crippen LogP contribution in [0, 0.1) is 0 Å². The molecule has 1 aromatic rings. The van der Waals surface area contributed by atoms with Crippen LogP contribution in [0.5, 0.6) is 0 Å². The second kappa shape index (κ2) is 6.54. The largest absolute Gasteiger partial charge is 0.356 e. The summed E-state index contributed by atoms with van der Waals surface area (Å²) in [4.78, 5) is 25.9. The lowest BCUT2D eigenvalue weighted by atomic mass is 10.3. The van der Waals surface area contributed by atoms with Crippen molar-refractivity contribution in [2.24, 2.45) is 0 Å². The Morgan fingerprint density at radius 2 is 2.39 bits per heavy atom. The van der Waals surface area contributed by atoms with E-state index in [1.807, 2.05) is 22.4 Å². The predicted molar refractivity (Wildman–Crippen MR) is 71.5 cm³/mol. The maximum atomic E-state index is 11.6. The van der Waals surface area contributed by atoms with Gasteiger partial charge in [0.05, 0.1) is 6.42 Å². The monoisotopic (exact) mass is 266 g/mol. The van der Waals surface area contributed by atoms with Crippen LogP contribution in [0.15, 0.2) is 17.5 Å². The van der Waals surface area contributed by atoms with Crippen molar-refractivity contribution in [3.05, 3.63) is 22.4 Å². The van der Waals surface area contributed by atoms with Gasteiger partial charge in [-0.25, -0.2) is 0 Å². The molecule has 1 saturated heterocycles. The Morgan fingerprint density at radius 1 is 1.50 bits per heavy atom. The number of carbonyl (C=O) groups excluding carboxylic acids is 2. The fraction of sp³-hybridized carbons (Fsp3) is 0.538. The molecule has 4 nitrogen and oxygen atoms in total. The lowest BCUT2D eigenvalue weighted by molar-refractivity contribution is -0.127. The zero-order valence-corrected chi connectivity index (χ0v) is 11.2. The predicted octanol–water partition coefficient (Wildman–Crippen LogP) is 1.42. The molecule has 0 saturated carbocycles. The maximum absolute atomic E-state index is 11.6. The van der Waals surface area contributed by atoms with Gasteiger partial charge in [-0.1, -0.05) is 6.07 Å². The number of nitrogens with zero attached hydrogens (tertiary/aromatic N) is 1. The third-order valence-corrected chi connectivity index (χ3v) is 3.89. The van der Waals surface area contributed by atoms with E-state index in [0.717, 1.165) is 30.8 Å². The quantitative estimate of drug-likeness (QED) is 0.792. The summed E-state index contributed by atoms with van der Waals surface area (Å²) < 4.78 is 0. The SMILES string of the molecule is O=C(Cc1cccs1)NCCCN1CCCC1=O. The summed E-state index contributed by atoms with van der Waals surface area (Å²) >= 11 is 1.60. The fourth-order valence-electron chi connectivity index (χ4n) is 2.07. The standard InChI is InChI=1S/C13H18N2O2S/c16-12(10-11-4-2-9-18-11)14-6-3-8-15-7-1-5-13(15)17/h2,4,9H,1,3,5-8,10H2,(H,14,16). The van der Waals surface area contributed by atoms with Gasteiger partial charge >= 0.3 is 0 Å². The van der Waals surface area contributed by atoms with Crippen LogP contribution in [0.2, 0.25) is 0 Å². The van der Waals surface area contributed by atoms with Gasteiger partial charge in [-0.2, -0.15) is 0 Å². The molecular weight excluding hydrogens is 248 g/mol. The van der Waals surface area contributed by atoms with Gasteiger partial charge in [-0.05, 0) is 24.3 Å². The van der Waals surface area contributed by atoms with Gasteiger partial charge in [0.2, 0.25) is 11.8 Å². The van der Waals surface area contributed by atoms with Gasteiger partial charge < -0.3 is 10.2 Å². The van der Waals surface area contributed by atoms with Crippen LogP contribution in [0.25, 0.3) is 0 Å². The molecule has 1 N–H and O–H groups in total. The Hall–Kier alpha value is -1.36. The molecule has 0 aromatic carbocycles. The smallest absolute Gasteiger partial charge is 0.225 e. The molecule has 2 heterocycles. The maximum Gasteiger partial charge on any atom is 0.225 e. The zero-order chi connectivity index (χ0) is 12.8. The van der Waals surface area contributed by atoms with Crippen molar-refractivity contribution in [1.82, 2.24) is 10.2 Å². The van der Waals surface area contributed by atoms with Crippen LogP contribution in [0.3, 0.4) is 0 Å². The molecule has 1 aliphatic rings. The Bertz CT molecular complexity index is 403. The van der Waals surface area contributed by atoms with Crippen molar-refractivity contribution in [3.8, 4) is 0 Å². The Balaban J connectivity index is 1.57. The average Bonchev–Trinajstić information content (AvgIpc) is 2.97. The first-order valence-electron chi connectivity index (χ1n) is 6.32. The fourth-order valence-corrected chi connectivity index (χ4v) is 2.78. The minimum atomic E-state index is 0.0604. The normalized spacial score (nSPS) is 15.1. The van der Waals surface area contributed by atoms with E-state index in [-0.39, 0.29) is 11.8 Å². The highest BCUT2D eigenvalue weighted by Crippen LogP contribution is 2.10. The van der Waals surface area contributed by atoms with E-state index < -0.39 is 0 Å². The first-order chi connectivity index (χ1) is 8.75. The molecule has 0 spiro atoms. The van der Waals surface area contributed by atoms with Gasteiger partial charge in [0, 0.05) is 30.9 Å². The topological polar surface area (TPSA) is 49.4 Å². The second-order valence-corrected chi connectivity index (χ2v) is 5.48. The molecule has 0 radical (unpaired) electrons. The molecule has 0 atom stereocenters. The lowest BCUT2D eigenvalue weighted by Crippen LogP contribution is -2.31. The molecule has 18 heavy (non-hydrogen) atoms. The number of nitrogens with one attached hydrogen (secondary N) is 1. The summed E-state index contributed by atoms with van der Waals surface area (Å²) in [5, 5.41) is 4.86. The highest BCUT2D eigenvalue weighted by atomic mass is 32.1. The second-order valence-electron chi connectivity index (χ2n) is 4.44. The molecule has 0 bridgehead atoms. The van der Waals surface area contributed by atoms with E-state index in [9.17, 15) is 9.59 Å². The van der Waals surface area contributed by atoms with E-state index in [4.69, 9.17) is 0 Å². The molecule has 2 amide bonds. The van der Waals surface area contributed by atoms with Crippen LogP contribution in [-0.4, -0.2) is 36.3 Å². The first-order valence-corrected chi connectivity index (χ1v) is 7.20. The van der Waals surface area contributed by atoms with Crippen LogP contribution in [0.1, 0.15) is 24.1 Å². The molecule has 1 fully saturated rings. The van der Waals surface area contributed by atoms with Crippen LogP contribution in [0.4, 0.5) is 0 Å². The van der Waals surface area contributed by atoms with Gasteiger partial charge in [-0.15, -0.1) is 11.3 Å². The summed E-state index contributed by atoms with van der Waals surface area (Å²) in [6.45, 7) is 2.29. The van der Waals surface area contributed by atoms with E-state index in [2.05, 4.69) is 5.32 Å². The van der Waals surface area contributed by atoms with Crippen LogP contribution < -0.4 is 5.32 Å². The van der Waals surface area contributed by atoms with Crippen molar-refractivity contribution in [3.63, 3.8) is 0 Å². The molecule has 1 aliphatic heterocycles. The van der Waals surface area contributed by atoms with Gasteiger partial charge in [0.25, 0.3) is 0 Å². The molecule has 0 aliphatic carbocycles. The summed E-state index contributed by atoms with van der Waals surface area (Å²) in [6, 6.07) is 3.92. The molecule has 98 valence electrons. The Labute approximate surface area is 111 Å². The summed E-state index contributed by atoms with van der Waals surface area (Å²) in [5.74, 6) is 0.310. The van der Waals surface area contributed by atoms with E-state index >= 15 is 0 Å². The number of likely N-dealkylation sites (tertiary alicyclic amines) is 1. The first kappa shape index (κ1) is 13.1. The number of hydrogen-bond acceptors (Lipinski definition) is 3. The molecule has 0 unspecified atom stereocenters. The van der Waals surface area contributed by atoms with E-state index in [1.165, 1.54) is 0 Å². The number of amides is 2. The molecular formula is C13H18N2O2S. The van der Waals surface area contributed by atoms with Crippen LogP contribution in [-0.2, 0) is 16.0 Å². The molecule has 1 aromatic heterocycles. The third-order valence-electron chi connectivity index (χ3n) is 3.01. The van der Waals surface area contributed by atoms with E-state index in [1.54, 1.807) is 11.3 Å². The highest BCUT2D eigenvalue weighted by molar-refractivity contribution is 7.10. The number of rotatable bonds is 6. The van der Waals surface area contributed by atoms with Gasteiger partial charge in [0.15, 0.2) is 0 Å². The zero-order valence-electron chi connectivity index (χ0n) is 10.4. The van der Waals surface area contributed by atoms with Gasteiger partial charge in [-0.3, -0.25) is 9.59 Å². The Morgan fingerprint density at radius 3 is 3.06 bits per heavy atom.